The van der Waals surface area contributed by atoms with Crippen LogP contribution in [0.3, 0.4) is 0 Å². The number of alkyl carbamates (subject to hydrolysis) is 1. The van der Waals surface area contributed by atoms with Gasteiger partial charge in [-0.3, -0.25) is 14.4 Å². The van der Waals surface area contributed by atoms with Gasteiger partial charge in [-0.2, -0.15) is 13.2 Å². The second-order valence-electron chi connectivity index (χ2n) is 11.6. The standard InChI is InChI=1S/C25H40F3N3O5/c1-13(2)18(20(32)25(26,27)28)29-21(33)17-12-15-10-8-9-11-16(15)31(17)22(34)19(14(3)4)30-23(35)36-24(5,6)7/h13-19H,8-12H2,1-7H3,(H,29,33)(H,30,35)/t15-,16-,17-,18-,19-/m0/s1. The summed E-state index contributed by atoms with van der Waals surface area (Å²) in [4.78, 5) is 53.0. The van der Waals surface area contributed by atoms with Gasteiger partial charge >= 0.3 is 12.3 Å². The molecule has 2 rings (SSSR count). The Kier molecular flexibility index (Phi) is 9.45. The highest BCUT2D eigenvalue weighted by Crippen LogP contribution is 2.40. The zero-order valence-electron chi connectivity index (χ0n) is 22.2. The summed E-state index contributed by atoms with van der Waals surface area (Å²) in [5.41, 5.74) is -0.782. The number of alkyl halides is 3. The number of halogens is 3. The fourth-order valence-electron chi connectivity index (χ4n) is 5.08. The van der Waals surface area contributed by atoms with E-state index in [1.807, 2.05) is 0 Å². The zero-order chi connectivity index (χ0) is 27.6. The minimum atomic E-state index is -5.10. The molecule has 0 aromatic heterocycles. The van der Waals surface area contributed by atoms with Gasteiger partial charge in [0, 0.05) is 6.04 Å². The van der Waals surface area contributed by atoms with Crippen LogP contribution in [0.15, 0.2) is 0 Å². The summed E-state index contributed by atoms with van der Waals surface area (Å²) >= 11 is 0. The van der Waals surface area contributed by atoms with Crippen molar-refractivity contribution >= 4 is 23.7 Å². The van der Waals surface area contributed by atoms with E-state index in [0.717, 1.165) is 19.3 Å². The first-order valence-electron chi connectivity index (χ1n) is 12.7. The third-order valence-corrected chi connectivity index (χ3v) is 6.78. The van der Waals surface area contributed by atoms with Gasteiger partial charge in [0.15, 0.2) is 0 Å². The van der Waals surface area contributed by atoms with Gasteiger partial charge in [-0.05, 0) is 57.8 Å². The van der Waals surface area contributed by atoms with E-state index in [4.69, 9.17) is 4.74 Å². The van der Waals surface area contributed by atoms with Gasteiger partial charge in [-0.25, -0.2) is 4.79 Å². The Hall–Kier alpha value is -2.33. The third kappa shape index (κ3) is 7.35. The minimum absolute atomic E-state index is 0.0172. The molecule has 1 aliphatic carbocycles. The number of nitrogens with one attached hydrogen (secondary N) is 2. The molecule has 1 saturated heterocycles. The van der Waals surface area contributed by atoms with Gasteiger partial charge in [0.2, 0.25) is 11.8 Å². The third-order valence-electron chi connectivity index (χ3n) is 6.78. The summed E-state index contributed by atoms with van der Waals surface area (Å²) in [5.74, 6) is -4.41. The average Bonchev–Trinajstić information content (AvgIpc) is 3.12. The van der Waals surface area contributed by atoms with Gasteiger partial charge in [0.05, 0.1) is 6.04 Å². The molecule has 36 heavy (non-hydrogen) atoms. The predicted molar refractivity (Wildman–Crippen MR) is 127 cm³/mol. The van der Waals surface area contributed by atoms with Crippen molar-refractivity contribution in [1.82, 2.24) is 15.5 Å². The first kappa shape index (κ1) is 29.9. The van der Waals surface area contributed by atoms with Crippen LogP contribution >= 0.6 is 0 Å². The van der Waals surface area contributed by atoms with Crippen LogP contribution in [0.4, 0.5) is 18.0 Å². The Balaban J connectivity index is 2.33. The van der Waals surface area contributed by atoms with Crippen molar-refractivity contribution in [3.05, 3.63) is 0 Å². The molecule has 11 heteroatoms. The number of nitrogens with zero attached hydrogens (tertiary/aromatic N) is 1. The molecule has 3 amide bonds. The second kappa shape index (κ2) is 11.4. The van der Waals surface area contributed by atoms with Gasteiger partial charge in [0.1, 0.15) is 17.7 Å². The molecule has 0 unspecified atom stereocenters. The maximum atomic E-state index is 13.8. The first-order valence-corrected chi connectivity index (χ1v) is 12.7. The van der Waals surface area contributed by atoms with Crippen LogP contribution in [0.25, 0.3) is 0 Å². The summed E-state index contributed by atoms with van der Waals surface area (Å²) in [6, 6.07) is -4.04. The van der Waals surface area contributed by atoms with Crippen LogP contribution in [0.5, 0.6) is 0 Å². The number of Topliss-reactive ketones (excluding diaryl/α,β-unsaturated/α-hetero) is 1. The topological polar surface area (TPSA) is 105 Å². The summed E-state index contributed by atoms with van der Waals surface area (Å²) < 4.78 is 44.8. The molecule has 1 heterocycles. The number of hydrogen-bond donors (Lipinski definition) is 2. The number of likely N-dealkylation sites (tertiary alicyclic amines) is 1. The fourth-order valence-corrected chi connectivity index (χ4v) is 5.08. The van der Waals surface area contributed by atoms with Crippen molar-refractivity contribution in [2.75, 3.05) is 0 Å². The normalized spacial score (nSPS) is 24.2. The Labute approximate surface area is 211 Å². The zero-order valence-corrected chi connectivity index (χ0v) is 22.2. The van der Waals surface area contributed by atoms with Crippen molar-refractivity contribution in [3.8, 4) is 0 Å². The Morgan fingerprint density at radius 1 is 0.889 bits per heavy atom. The highest BCUT2D eigenvalue weighted by Gasteiger charge is 2.51. The number of carbonyl (C=O) groups excluding carboxylic acids is 4. The predicted octanol–water partition coefficient (Wildman–Crippen LogP) is 3.97. The highest BCUT2D eigenvalue weighted by molar-refractivity contribution is 5.96. The lowest BCUT2D eigenvalue weighted by Gasteiger charge is -2.37. The minimum Gasteiger partial charge on any atom is -0.444 e. The van der Waals surface area contributed by atoms with Crippen molar-refractivity contribution in [1.29, 1.82) is 0 Å². The fraction of sp³-hybridized carbons (Fsp3) is 0.840. The van der Waals surface area contributed by atoms with Crippen molar-refractivity contribution in [2.24, 2.45) is 17.8 Å². The molecule has 1 aliphatic heterocycles. The van der Waals surface area contributed by atoms with Crippen LogP contribution < -0.4 is 10.6 Å². The maximum Gasteiger partial charge on any atom is 0.452 e. The molecule has 2 aliphatic rings. The van der Waals surface area contributed by atoms with Crippen molar-refractivity contribution in [3.63, 3.8) is 0 Å². The summed E-state index contributed by atoms with van der Waals surface area (Å²) in [6.45, 7) is 11.4. The van der Waals surface area contributed by atoms with Gasteiger partial charge in [-0.1, -0.05) is 40.5 Å². The Bertz CT molecular complexity index is 838. The molecule has 0 aromatic carbocycles. The second-order valence-corrected chi connectivity index (χ2v) is 11.6. The largest absolute Gasteiger partial charge is 0.452 e. The first-order chi connectivity index (χ1) is 16.4. The van der Waals surface area contributed by atoms with Crippen LogP contribution in [-0.4, -0.2) is 64.5 Å². The van der Waals surface area contributed by atoms with Crippen LogP contribution in [0.2, 0.25) is 0 Å². The molecule has 1 saturated carbocycles. The number of carbonyl (C=O) groups is 4. The van der Waals surface area contributed by atoms with E-state index < -0.39 is 59.5 Å². The smallest absolute Gasteiger partial charge is 0.444 e. The molecule has 5 atom stereocenters. The van der Waals surface area contributed by atoms with E-state index in [9.17, 15) is 32.3 Å². The number of fused-ring (bicyclic) bond motifs is 1. The molecule has 8 nitrogen and oxygen atoms in total. The molecule has 0 bridgehead atoms. The summed E-state index contributed by atoms with van der Waals surface area (Å²) in [6.07, 6.45) is -2.34. The molecule has 2 N–H and O–H groups in total. The molecular formula is C25H40F3N3O5. The van der Waals surface area contributed by atoms with Crippen LogP contribution in [0, 0.1) is 17.8 Å². The average molecular weight is 520 g/mol. The quantitative estimate of drug-likeness (QED) is 0.530. The molecule has 0 aromatic rings. The van der Waals surface area contributed by atoms with Crippen molar-refractivity contribution in [2.45, 2.75) is 117 Å². The van der Waals surface area contributed by atoms with E-state index in [1.54, 1.807) is 34.6 Å². The van der Waals surface area contributed by atoms with E-state index in [-0.39, 0.29) is 17.9 Å². The van der Waals surface area contributed by atoms with Gasteiger partial charge in [-0.15, -0.1) is 0 Å². The molecule has 2 fully saturated rings. The Morgan fingerprint density at radius 2 is 1.44 bits per heavy atom. The van der Waals surface area contributed by atoms with Crippen LogP contribution in [0.1, 0.15) is 80.6 Å². The molecule has 206 valence electrons. The van der Waals surface area contributed by atoms with Gasteiger partial charge in [0.25, 0.3) is 5.78 Å². The Morgan fingerprint density at radius 3 is 1.94 bits per heavy atom. The monoisotopic (exact) mass is 519 g/mol. The van der Waals surface area contributed by atoms with E-state index >= 15 is 0 Å². The molecule has 0 spiro atoms. The lowest BCUT2D eigenvalue weighted by Crippen LogP contribution is -2.60. The number of rotatable bonds is 7. The van der Waals surface area contributed by atoms with E-state index in [1.165, 1.54) is 18.7 Å². The number of ether oxygens (including phenoxy) is 1. The van der Waals surface area contributed by atoms with E-state index in [2.05, 4.69) is 10.6 Å². The highest BCUT2D eigenvalue weighted by atomic mass is 19.4. The maximum absolute atomic E-state index is 13.8. The molecular weight excluding hydrogens is 479 g/mol. The number of amides is 3. The number of hydrogen-bond acceptors (Lipinski definition) is 5. The SMILES string of the molecule is CC(C)[C@H](NC(=O)OC(C)(C)C)C(=O)N1[C@H](C(=O)N[C@H](C(=O)C(F)(F)F)C(C)C)C[C@@H]2CCCC[C@@H]21. The number of ketones is 1. The molecule has 0 radical (unpaired) electrons. The van der Waals surface area contributed by atoms with Crippen molar-refractivity contribution < 1.29 is 37.1 Å². The van der Waals surface area contributed by atoms with Crippen LogP contribution in [-0.2, 0) is 19.1 Å². The summed E-state index contributed by atoms with van der Waals surface area (Å²) in [7, 11) is 0. The van der Waals surface area contributed by atoms with E-state index in [0.29, 0.717) is 12.8 Å². The lowest BCUT2D eigenvalue weighted by molar-refractivity contribution is -0.175. The van der Waals surface area contributed by atoms with Gasteiger partial charge < -0.3 is 20.3 Å². The summed E-state index contributed by atoms with van der Waals surface area (Å²) in [5, 5.41) is 4.90. The lowest BCUT2D eigenvalue weighted by atomic mass is 9.84.